The highest BCUT2D eigenvalue weighted by atomic mass is 16.3. The molecule has 1 atom stereocenters. The van der Waals surface area contributed by atoms with Crippen molar-refractivity contribution >= 4 is 0 Å². The highest BCUT2D eigenvalue weighted by Gasteiger charge is 2.01. The van der Waals surface area contributed by atoms with Gasteiger partial charge in [0.15, 0.2) is 0 Å². The van der Waals surface area contributed by atoms with E-state index in [2.05, 4.69) is 6.92 Å². The molecule has 0 aliphatic rings. The van der Waals surface area contributed by atoms with E-state index in [0.29, 0.717) is 0 Å². The van der Waals surface area contributed by atoms with Crippen LogP contribution >= 0.6 is 0 Å². The van der Waals surface area contributed by atoms with Crippen LogP contribution < -0.4 is 0 Å². The van der Waals surface area contributed by atoms with E-state index in [1.54, 1.807) is 0 Å². The topological polar surface area (TPSA) is 40.5 Å². The van der Waals surface area contributed by atoms with Gasteiger partial charge in [0.25, 0.3) is 0 Å². The minimum Gasteiger partial charge on any atom is -0.396 e. The standard InChI is InChI=1S/C10H22O2/c1-2-3-7-10(12)8-5-4-6-9-11/h10-12H,2-9H2,1H3/t10-/m0/s1. The molecule has 0 saturated heterocycles. The van der Waals surface area contributed by atoms with Gasteiger partial charge in [-0.3, -0.25) is 0 Å². The normalized spacial score (nSPS) is 13.2. The van der Waals surface area contributed by atoms with Crippen molar-refractivity contribution in [2.24, 2.45) is 0 Å². The Morgan fingerprint density at radius 2 is 1.67 bits per heavy atom. The summed E-state index contributed by atoms with van der Waals surface area (Å²) in [4.78, 5) is 0. The molecule has 0 saturated carbocycles. The van der Waals surface area contributed by atoms with E-state index in [1.165, 1.54) is 0 Å². The van der Waals surface area contributed by atoms with Gasteiger partial charge in [0, 0.05) is 6.61 Å². The predicted molar refractivity (Wildman–Crippen MR) is 51.1 cm³/mol. The van der Waals surface area contributed by atoms with Crippen molar-refractivity contribution in [1.82, 2.24) is 0 Å². The fourth-order valence-corrected chi connectivity index (χ4v) is 1.25. The van der Waals surface area contributed by atoms with Crippen LogP contribution in [0.25, 0.3) is 0 Å². The second kappa shape index (κ2) is 9.01. The summed E-state index contributed by atoms with van der Waals surface area (Å²) in [7, 11) is 0. The van der Waals surface area contributed by atoms with Crippen LogP contribution in [0.3, 0.4) is 0 Å². The molecule has 0 aromatic rings. The molecule has 2 heteroatoms. The van der Waals surface area contributed by atoms with Crippen molar-refractivity contribution in [3.05, 3.63) is 0 Å². The highest BCUT2D eigenvalue weighted by molar-refractivity contribution is 4.55. The van der Waals surface area contributed by atoms with E-state index in [0.717, 1.165) is 44.9 Å². The van der Waals surface area contributed by atoms with Crippen LogP contribution in [0.5, 0.6) is 0 Å². The van der Waals surface area contributed by atoms with Gasteiger partial charge < -0.3 is 10.2 Å². The van der Waals surface area contributed by atoms with Crippen LogP contribution in [-0.2, 0) is 0 Å². The Balaban J connectivity index is 3.02. The summed E-state index contributed by atoms with van der Waals surface area (Å²) in [6.45, 7) is 2.42. The summed E-state index contributed by atoms with van der Waals surface area (Å²) in [6, 6.07) is 0. The molecule has 0 aromatic carbocycles. The number of hydrogen-bond donors (Lipinski definition) is 2. The maximum atomic E-state index is 9.42. The molecule has 12 heavy (non-hydrogen) atoms. The first-order valence-electron chi connectivity index (χ1n) is 5.10. The molecule has 74 valence electrons. The zero-order valence-electron chi connectivity index (χ0n) is 8.13. The van der Waals surface area contributed by atoms with Crippen molar-refractivity contribution in [3.8, 4) is 0 Å². The predicted octanol–water partition coefficient (Wildman–Crippen LogP) is 2.09. The third-order valence-electron chi connectivity index (χ3n) is 2.09. The van der Waals surface area contributed by atoms with Gasteiger partial charge >= 0.3 is 0 Å². The molecule has 0 bridgehead atoms. The number of unbranched alkanes of at least 4 members (excludes halogenated alkanes) is 3. The van der Waals surface area contributed by atoms with Crippen molar-refractivity contribution < 1.29 is 10.2 Å². The summed E-state index contributed by atoms with van der Waals surface area (Å²) in [6.07, 6.45) is 6.99. The largest absolute Gasteiger partial charge is 0.396 e. The van der Waals surface area contributed by atoms with E-state index < -0.39 is 0 Å². The molecule has 0 amide bonds. The Hall–Kier alpha value is -0.0800. The number of rotatable bonds is 8. The molecular formula is C10H22O2. The Labute approximate surface area is 75.6 Å². The van der Waals surface area contributed by atoms with E-state index in [1.807, 2.05) is 0 Å². The van der Waals surface area contributed by atoms with Gasteiger partial charge in [-0.05, 0) is 19.3 Å². The minimum atomic E-state index is -0.108. The van der Waals surface area contributed by atoms with Crippen molar-refractivity contribution in [2.75, 3.05) is 6.61 Å². The molecule has 2 N–H and O–H groups in total. The molecule has 0 rings (SSSR count). The van der Waals surface area contributed by atoms with E-state index in [4.69, 9.17) is 5.11 Å². The smallest absolute Gasteiger partial charge is 0.0540 e. The van der Waals surface area contributed by atoms with Gasteiger partial charge in [-0.2, -0.15) is 0 Å². The Morgan fingerprint density at radius 3 is 2.25 bits per heavy atom. The summed E-state index contributed by atoms with van der Waals surface area (Å²) in [5.41, 5.74) is 0. The molecule has 0 aliphatic carbocycles. The number of aliphatic hydroxyl groups excluding tert-OH is 2. The lowest BCUT2D eigenvalue weighted by molar-refractivity contribution is 0.147. The van der Waals surface area contributed by atoms with Crippen LogP contribution in [0.15, 0.2) is 0 Å². The van der Waals surface area contributed by atoms with Crippen LogP contribution in [0, 0.1) is 0 Å². The number of aliphatic hydroxyl groups is 2. The maximum absolute atomic E-state index is 9.42. The molecule has 0 heterocycles. The molecule has 0 aliphatic heterocycles. The average molecular weight is 174 g/mol. The summed E-state index contributed by atoms with van der Waals surface area (Å²) in [5, 5.41) is 17.9. The molecule has 0 fully saturated rings. The highest BCUT2D eigenvalue weighted by Crippen LogP contribution is 2.08. The minimum absolute atomic E-state index is 0.108. The van der Waals surface area contributed by atoms with Gasteiger partial charge in [0.05, 0.1) is 6.10 Å². The Morgan fingerprint density at radius 1 is 1.00 bits per heavy atom. The molecule has 0 spiro atoms. The van der Waals surface area contributed by atoms with Gasteiger partial charge in [0.1, 0.15) is 0 Å². The van der Waals surface area contributed by atoms with Crippen molar-refractivity contribution in [3.63, 3.8) is 0 Å². The Bertz CT molecular complexity index is 83.9. The Kier molecular flexibility index (Phi) is 8.95. The first-order chi connectivity index (χ1) is 5.81. The van der Waals surface area contributed by atoms with Crippen LogP contribution in [-0.4, -0.2) is 22.9 Å². The van der Waals surface area contributed by atoms with Gasteiger partial charge in [0.2, 0.25) is 0 Å². The third kappa shape index (κ3) is 8.02. The van der Waals surface area contributed by atoms with Crippen LogP contribution in [0.1, 0.15) is 51.9 Å². The van der Waals surface area contributed by atoms with Crippen LogP contribution in [0.4, 0.5) is 0 Å². The molecule has 0 unspecified atom stereocenters. The van der Waals surface area contributed by atoms with Gasteiger partial charge in [-0.25, -0.2) is 0 Å². The fourth-order valence-electron chi connectivity index (χ4n) is 1.25. The SMILES string of the molecule is CCCC[C@H](O)CCCCCO. The van der Waals surface area contributed by atoms with E-state index >= 15 is 0 Å². The average Bonchev–Trinajstić information content (AvgIpc) is 2.09. The molecule has 2 nitrogen and oxygen atoms in total. The maximum Gasteiger partial charge on any atom is 0.0540 e. The monoisotopic (exact) mass is 174 g/mol. The quantitative estimate of drug-likeness (QED) is 0.553. The molecule has 0 aromatic heterocycles. The van der Waals surface area contributed by atoms with Crippen molar-refractivity contribution in [2.45, 2.75) is 58.0 Å². The zero-order chi connectivity index (χ0) is 9.23. The summed E-state index contributed by atoms with van der Waals surface area (Å²) in [5.74, 6) is 0. The summed E-state index contributed by atoms with van der Waals surface area (Å²) >= 11 is 0. The number of hydrogen-bond acceptors (Lipinski definition) is 2. The molecular weight excluding hydrogens is 152 g/mol. The second-order valence-electron chi connectivity index (χ2n) is 3.37. The van der Waals surface area contributed by atoms with Crippen LogP contribution in [0.2, 0.25) is 0 Å². The lowest BCUT2D eigenvalue weighted by atomic mass is 10.1. The lowest BCUT2D eigenvalue weighted by Gasteiger charge is -2.08. The zero-order valence-corrected chi connectivity index (χ0v) is 8.13. The van der Waals surface area contributed by atoms with Gasteiger partial charge in [-0.15, -0.1) is 0 Å². The lowest BCUT2D eigenvalue weighted by Crippen LogP contribution is -2.05. The third-order valence-corrected chi connectivity index (χ3v) is 2.09. The van der Waals surface area contributed by atoms with Crippen molar-refractivity contribution in [1.29, 1.82) is 0 Å². The first kappa shape index (κ1) is 11.9. The second-order valence-corrected chi connectivity index (χ2v) is 3.37. The fraction of sp³-hybridized carbons (Fsp3) is 1.00. The van der Waals surface area contributed by atoms with E-state index in [9.17, 15) is 5.11 Å². The first-order valence-corrected chi connectivity index (χ1v) is 5.10. The summed E-state index contributed by atoms with van der Waals surface area (Å²) < 4.78 is 0. The molecule has 0 radical (unpaired) electrons. The van der Waals surface area contributed by atoms with E-state index in [-0.39, 0.29) is 12.7 Å². The van der Waals surface area contributed by atoms with Gasteiger partial charge in [-0.1, -0.05) is 32.6 Å².